The first-order chi connectivity index (χ1) is 6.61. The highest BCUT2D eigenvalue weighted by Gasteiger charge is 2.17. The molecule has 0 fully saturated rings. The molecule has 0 aliphatic carbocycles. The second-order valence-electron chi connectivity index (χ2n) is 2.64. The van der Waals surface area contributed by atoms with E-state index < -0.39 is 11.6 Å². The summed E-state index contributed by atoms with van der Waals surface area (Å²) in [7, 11) is 1.26. The minimum Gasteiger partial charge on any atom is -0.493 e. The number of halogens is 3. The lowest BCUT2D eigenvalue weighted by atomic mass is 10.1. The summed E-state index contributed by atoms with van der Waals surface area (Å²) >= 11 is 2.88. The Hall–Kier alpha value is -0.680. The lowest BCUT2D eigenvalue weighted by Crippen LogP contribution is -2.02. The third-order valence-corrected chi connectivity index (χ3v) is 2.36. The summed E-state index contributed by atoms with van der Waals surface area (Å²) in [5.74, 6) is -1.40. The summed E-state index contributed by atoms with van der Waals surface area (Å²) in [4.78, 5) is 0. The maximum absolute atomic E-state index is 13.4. The van der Waals surface area contributed by atoms with Crippen LogP contribution in [-0.2, 0) is 6.42 Å². The number of aliphatic hydroxyl groups is 1. The van der Waals surface area contributed by atoms with Crippen molar-refractivity contribution in [2.45, 2.75) is 6.42 Å². The Morgan fingerprint density at radius 1 is 1.50 bits per heavy atom. The minimum absolute atomic E-state index is 0.0192. The molecule has 0 bridgehead atoms. The highest BCUT2D eigenvalue weighted by atomic mass is 79.9. The number of ether oxygens (including phenoxy) is 1. The molecule has 0 unspecified atom stereocenters. The van der Waals surface area contributed by atoms with E-state index in [0.29, 0.717) is 0 Å². The van der Waals surface area contributed by atoms with Crippen LogP contribution in [0, 0.1) is 11.6 Å². The van der Waals surface area contributed by atoms with E-state index in [1.54, 1.807) is 0 Å². The summed E-state index contributed by atoms with van der Waals surface area (Å²) in [5.41, 5.74) is 0.0434. The maximum atomic E-state index is 13.4. The van der Waals surface area contributed by atoms with Gasteiger partial charge in [0.25, 0.3) is 0 Å². The summed E-state index contributed by atoms with van der Waals surface area (Å²) in [6, 6.07) is 0.995. The first-order valence-corrected chi connectivity index (χ1v) is 4.72. The maximum Gasteiger partial charge on any atom is 0.166 e. The van der Waals surface area contributed by atoms with Gasteiger partial charge in [-0.25, -0.2) is 8.78 Å². The zero-order valence-electron chi connectivity index (χ0n) is 7.48. The molecule has 5 heteroatoms. The second kappa shape index (κ2) is 4.70. The zero-order valence-corrected chi connectivity index (χ0v) is 9.07. The predicted octanol–water partition coefficient (Wildman–Crippen LogP) is 2.27. The summed E-state index contributed by atoms with van der Waals surface area (Å²) < 4.78 is 31.4. The van der Waals surface area contributed by atoms with E-state index in [-0.39, 0.29) is 28.8 Å². The fourth-order valence-electron chi connectivity index (χ4n) is 1.18. The van der Waals surface area contributed by atoms with E-state index in [1.807, 2.05) is 0 Å². The van der Waals surface area contributed by atoms with Gasteiger partial charge in [0.1, 0.15) is 5.82 Å². The normalized spacial score (nSPS) is 10.4. The number of aliphatic hydroxyl groups excluding tert-OH is 1. The number of hydrogen-bond acceptors (Lipinski definition) is 2. The first-order valence-electron chi connectivity index (χ1n) is 3.93. The quantitative estimate of drug-likeness (QED) is 0.851. The Bertz CT molecular complexity index is 342. The molecule has 0 spiro atoms. The summed E-state index contributed by atoms with van der Waals surface area (Å²) in [6.45, 7) is -0.261. The average molecular weight is 267 g/mol. The SMILES string of the molecule is COc1c(F)cc(Br)c(F)c1CCO. The van der Waals surface area contributed by atoms with E-state index >= 15 is 0 Å². The molecule has 14 heavy (non-hydrogen) atoms. The predicted molar refractivity (Wildman–Crippen MR) is 51.4 cm³/mol. The molecule has 78 valence electrons. The van der Waals surface area contributed by atoms with Crippen LogP contribution in [-0.4, -0.2) is 18.8 Å². The fourth-order valence-corrected chi connectivity index (χ4v) is 1.62. The van der Waals surface area contributed by atoms with Crippen molar-refractivity contribution in [3.63, 3.8) is 0 Å². The van der Waals surface area contributed by atoms with Gasteiger partial charge in [-0.05, 0) is 22.0 Å². The highest BCUT2D eigenvalue weighted by Crippen LogP contribution is 2.31. The Morgan fingerprint density at radius 3 is 2.64 bits per heavy atom. The van der Waals surface area contributed by atoms with E-state index in [2.05, 4.69) is 15.9 Å². The standard InChI is InChI=1S/C9H9BrF2O2/c1-14-9-5(2-3-13)8(12)6(10)4-7(9)11/h4,13H,2-3H2,1H3. The van der Waals surface area contributed by atoms with Crippen LogP contribution in [0.4, 0.5) is 8.78 Å². The van der Waals surface area contributed by atoms with Crippen LogP contribution in [0.15, 0.2) is 10.5 Å². The van der Waals surface area contributed by atoms with Crippen LogP contribution in [0.3, 0.4) is 0 Å². The van der Waals surface area contributed by atoms with Gasteiger partial charge in [-0.15, -0.1) is 0 Å². The van der Waals surface area contributed by atoms with Gasteiger partial charge in [0.05, 0.1) is 11.6 Å². The Balaban J connectivity index is 3.32. The number of rotatable bonds is 3. The number of methoxy groups -OCH3 is 1. The third-order valence-electron chi connectivity index (χ3n) is 1.79. The van der Waals surface area contributed by atoms with Crippen molar-refractivity contribution in [3.05, 3.63) is 27.7 Å². The molecule has 1 rings (SSSR count). The molecule has 1 aromatic carbocycles. The molecule has 2 nitrogen and oxygen atoms in total. The zero-order chi connectivity index (χ0) is 10.7. The van der Waals surface area contributed by atoms with Gasteiger partial charge < -0.3 is 9.84 Å². The van der Waals surface area contributed by atoms with Crippen molar-refractivity contribution in [1.82, 2.24) is 0 Å². The first kappa shape index (κ1) is 11.4. The molecule has 0 aliphatic rings. The molecular formula is C9H9BrF2O2. The third kappa shape index (κ3) is 2.04. The molecule has 0 saturated heterocycles. The molecule has 0 aliphatic heterocycles. The Labute approximate surface area is 88.6 Å². The number of benzene rings is 1. The van der Waals surface area contributed by atoms with Crippen molar-refractivity contribution in [2.24, 2.45) is 0 Å². The van der Waals surface area contributed by atoms with Gasteiger partial charge in [0.15, 0.2) is 11.6 Å². The topological polar surface area (TPSA) is 29.5 Å². The number of hydrogen-bond donors (Lipinski definition) is 1. The van der Waals surface area contributed by atoms with Gasteiger partial charge in [-0.2, -0.15) is 0 Å². The summed E-state index contributed by atoms with van der Waals surface area (Å²) in [5, 5.41) is 8.69. The fraction of sp³-hybridized carbons (Fsp3) is 0.333. The van der Waals surface area contributed by atoms with Crippen LogP contribution in [0.2, 0.25) is 0 Å². The molecule has 0 heterocycles. The summed E-state index contributed by atoms with van der Waals surface area (Å²) in [6.07, 6.45) is 0.0192. The van der Waals surface area contributed by atoms with Crippen LogP contribution in [0.25, 0.3) is 0 Å². The Morgan fingerprint density at radius 2 is 2.14 bits per heavy atom. The molecular weight excluding hydrogens is 258 g/mol. The van der Waals surface area contributed by atoms with Gasteiger partial charge in [0, 0.05) is 18.6 Å². The van der Waals surface area contributed by atoms with Crippen molar-refractivity contribution < 1.29 is 18.6 Å². The average Bonchev–Trinajstić information content (AvgIpc) is 2.14. The molecule has 1 aromatic rings. The van der Waals surface area contributed by atoms with Gasteiger partial charge >= 0.3 is 0 Å². The molecule has 0 aromatic heterocycles. The van der Waals surface area contributed by atoms with Crippen LogP contribution >= 0.6 is 15.9 Å². The lowest BCUT2D eigenvalue weighted by molar-refractivity contribution is 0.292. The molecule has 0 saturated carbocycles. The van der Waals surface area contributed by atoms with Crippen molar-refractivity contribution >= 4 is 15.9 Å². The van der Waals surface area contributed by atoms with Gasteiger partial charge in [-0.1, -0.05) is 0 Å². The molecule has 0 amide bonds. The van der Waals surface area contributed by atoms with Crippen LogP contribution in [0.1, 0.15) is 5.56 Å². The molecule has 0 atom stereocenters. The van der Waals surface area contributed by atoms with Crippen LogP contribution in [0.5, 0.6) is 5.75 Å². The monoisotopic (exact) mass is 266 g/mol. The largest absolute Gasteiger partial charge is 0.493 e. The lowest BCUT2D eigenvalue weighted by Gasteiger charge is -2.10. The Kier molecular flexibility index (Phi) is 3.83. The smallest absolute Gasteiger partial charge is 0.166 e. The van der Waals surface area contributed by atoms with Gasteiger partial charge in [0.2, 0.25) is 0 Å². The van der Waals surface area contributed by atoms with Crippen molar-refractivity contribution in [2.75, 3.05) is 13.7 Å². The molecule has 1 N–H and O–H groups in total. The minimum atomic E-state index is -0.649. The van der Waals surface area contributed by atoms with E-state index in [1.165, 1.54) is 7.11 Å². The van der Waals surface area contributed by atoms with E-state index in [0.717, 1.165) is 6.07 Å². The van der Waals surface area contributed by atoms with Crippen molar-refractivity contribution in [1.29, 1.82) is 0 Å². The van der Waals surface area contributed by atoms with E-state index in [4.69, 9.17) is 9.84 Å². The molecule has 0 radical (unpaired) electrons. The van der Waals surface area contributed by atoms with E-state index in [9.17, 15) is 8.78 Å². The van der Waals surface area contributed by atoms with Crippen LogP contribution < -0.4 is 4.74 Å². The second-order valence-corrected chi connectivity index (χ2v) is 3.49. The van der Waals surface area contributed by atoms with Crippen molar-refractivity contribution in [3.8, 4) is 5.75 Å². The highest BCUT2D eigenvalue weighted by molar-refractivity contribution is 9.10. The van der Waals surface area contributed by atoms with Gasteiger partial charge in [-0.3, -0.25) is 0 Å².